The minimum atomic E-state index is -0.250. The van der Waals surface area contributed by atoms with Crippen molar-refractivity contribution in [3.63, 3.8) is 0 Å². The Kier molecular flexibility index (Phi) is 5.81. The topological polar surface area (TPSA) is 82.1 Å². The lowest BCUT2D eigenvalue weighted by molar-refractivity contribution is 0.204. The number of aromatic nitrogens is 4. The van der Waals surface area contributed by atoms with E-state index in [1.54, 1.807) is 30.7 Å². The van der Waals surface area contributed by atoms with Crippen LogP contribution in [-0.4, -0.2) is 57.1 Å². The number of nitrogens with one attached hydrogen (secondary N) is 2. The molecule has 0 amide bonds. The summed E-state index contributed by atoms with van der Waals surface area (Å²) in [7, 11) is 0. The summed E-state index contributed by atoms with van der Waals surface area (Å²) >= 11 is 0. The van der Waals surface area contributed by atoms with Crippen LogP contribution in [0.2, 0.25) is 0 Å². The summed E-state index contributed by atoms with van der Waals surface area (Å²) in [5.74, 6) is 2.40. The maximum atomic E-state index is 13.3. The van der Waals surface area contributed by atoms with Gasteiger partial charge in [0.25, 0.3) is 0 Å². The fraction of sp³-hybridized carbons (Fsp3) is 0.391. The van der Waals surface area contributed by atoms with Crippen molar-refractivity contribution < 1.29 is 4.39 Å². The number of hydrogen-bond donors (Lipinski definition) is 2. The normalized spacial score (nSPS) is 17.8. The lowest BCUT2D eigenvalue weighted by Gasteiger charge is -2.44. The van der Waals surface area contributed by atoms with Gasteiger partial charge < -0.3 is 15.5 Å². The van der Waals surface area contributed by atoms with Crippen LogP contribution < -0.4 is 15.5 Å². The molecule has 0 saturated carbocycles. The van der Waals surface area contributed by atoms with Gasteiger partial charge in [-0.1, -0.05) is 12.1 Å². The fourth-order valence-electron chi connectivity index (χ4n) is 4.23. The quantitative estimate of drug-likeness (QED) is 0.584. The molecule has 0 bridgehead atoms. The molecular weight excluding hydrogens is 407 g/mol. The molecule has 2 saturated heterocycles. The number of likely N-dealkylation sites (tertiary alicyclic amines) is 1. The van der Waals surface area contributed by atoms with Crippen LogP contribution in [0, 0.1) is 5.82 Å². The first kappa shape index (κ1) is 20.6. The highest BCUT2D eigenvalue weighted by Crippen LogP contribution is 2.28. The van der Waals surface area contributed by atoms with Gasteiger partial charge in [-0.3, -0.25) is 9.88 Å². The van der Waals surface area contributed by atoms with Crippen molar-refractivity contribution in [3.8, 4) is 0 Å². The Labute approximate surface area is 186 Å². The van der Waals surface area contributed by atoms with Gasteiger partial charge in [-0.25, -0.2) is 9.37 Å². The molecule has 2 aliphatic rings. The Bertz CT molecular complexity index is 1030. The molecule has 1 aromatic carbocycles. The number of hydrogen-bond acceptors (Lipinski definition) is 8. The minimum absolute atomic E-state index is 0.0797. The standard InChI is InChI=1S/C23H27FN8/c1-16(17-4-6-18(24)7-5-17)27-23-29-20(28-21-13-25-8-9-26-21)12-22(30-23)32-14-19(15-32)31-10-2-3-11-31/h4-9,12-13,16,19H,2-3,10-11,14-15H2,1H3,(H2,26,27,28,29,30)/t16-/m0/s1. The number of benzene rings is 1. The van der Waals surface area contributed by atoms with E-state index < -0.39 is 0 Å². The molecule has 32 heavy (non-hydrogen) atoms. The zero-order chi connectivity index (χ0) is 21.9. The van der Waals surface area contributed by atoms with E-state index in [-0.39, 0.29) is 11.9 Å². The molecule has 4 heterocycles. The molecule has 0 radical (unpaired) electrons. The van der Waals surface area contributed by atoms with Gasteiger partial charge in [0.2, 0.25) is 5.95 Å². The second-order valence-electron chi connectivity index (χ2n) is 8.37. The lowest BCUT2D eigenvalue weighted by atomic mass is 10.1. The number of halogens is 1. The molecule has 8 nitrogen and oxygen atoms in total. The first-order chi connectivity index (χ1) is 15.6. The van der Waals surface area contributed by atoms with E-state index in [0.29, 0.717) is 23.6 Å². The Morgan fingerprint density at radius 2 is 1.81 bits per heavy atom. The van der Waals surface area contributed by atoms with Gasteiger partial charge in [-0.15, -0.1) is 0 Å². The summed E-state index contributed by atoms with van der Waals surface area (Å²) in [4.78, 5) is 22.7. The first-order valence-corrected chi connectivity index (χ1v) is 11.1. The molecule has 0 spiro atoms. The van der Waals surface area contributed by atoms with Crippen LogP contribution in [0.5, 0.6) is 0 Å². The Morgan fingerprint density at radius 1 is 1.03 bits per heavy atom. The minimum Gasteiger partial charge on any atom is -0.353 e. The summed E-state index contributed by atoms with van der Waals surface area (Å²) < 4.78 is 13.3. The molecule has 0 unspecified atom stereocenters. The van der Waals surface area contributed by atoms with E-state index >= 15 is 0 Å². The Hall–Kier alpha value is -3.33. The van der Waals surface area contributed by atoms with Crippen LogP contribution in [0.15, 0.2) is 48.9 Å². The van der Waals surface area contributed by atoms with Crippen LogP contribution in [0.1, 0.15) is 31.4 Å². The van der Waals surface area contributed by atoms with Crippen LogP contribution in [0.25, 0.3) is 0 Å². The molecule has 1 atom stereocenters. The van der Waals surface area contributed by atoms with Crippen molar-refractivity contribution in [3.05, 3.63) is 60.3 Å². The fourth-order valence-corrected chi connectivity index (χ4v) is 4.23. The van der Waals surface area contributed by atoms with Crippen LogP contribution >= 0.6 is 0 Å². The molecule has 3 aromatic rings. The summed E-state index contributed by atoms with van der Waals surface area (Å²) in [5.41, 5.74) is 0.960. The van der Waals surface area contributed by atoms with Gasteiger partial charge in [-0.2, -0.15) is 9.97 Å². The smallest absolute Gasteiger partial charge is 0.227 e. The molecule has 2 aromatic heterocycles. The van der Waals surface area contributed by atoms with E-state index in [1.807, 2.05) is 13.0 Å². The van der Waals surface area contributed by atoms with E-state index in [0.717, 1.165) is 24.5 Å². The van der Waals surface area contributed by atoms with E-state index in [4.69, 9.17) is 4.98 Å². The third-order valence-electron chi connectivity index (χ3n) is 6.09. The second-order valence-corrected chi connectivity index (χ2v) is 8.37. The monoisotopic (exact) mass is 434 g/mol. The predicted molar refractivity (Wildman–Crippen MR) is 123 cm³/mol. The molecule has 5 rings (SSSR count). The van der Waals surface area contributed by atoms with Crippen LogP contribution in [-0.2, 0) is 0 Å². The van der Waals surface area contributed by atoms with E-state index in [9.17, 15) is 4.39 Å². The zero-order valence-electron chi connectivity index (χ0n) is 18.1. The van der Waals surface area contributed by atoms with Gasteiger partial charge in [0.1, 0.15) is 23.3 Å². The average Bonchev–Trinajstić information content (AvgIpc) is 3.28. The number of nitrogens with zero attached hydrogens (tertiary/aromatic N) is 6. The number of rotatable bonds is 7. The van der Waals surface area contributed by atoms with Crippen LogP contribution in [0.3, 0.4) is 0 Å². The number of anilines is 4. The summed E-state index contributed by atoms with van der Waals surface area (Å²) in [6.07, 6.45) is 7.52. The van der Waals surface area contributed by atoms with Crippen LogP contribution in [0.4, 0.5) is 27.8 Å². The van der Waals surface area contributed by atoms with Gasteiger partial charge in [0, 0.05) is 37.6 Å². The molecule has 2 fully saturated rings. The highest BCUT2D eigenvalue weighted by molar-refractivity contribution is 5.60. The first-order valence-electron chi connectivity index (χ1n) is 11.1. The van der Waals surface area contributed by atoms with Crippen molar-refractivity contribution >= 4 is 23.4 Å². The van der Waals surface area contributed by atoms with Crippen molar-refractivity contribution in [1.29, 1.82) is 0 Å². The summed E-state index contributed by atoms with van der Waals surface area (Å²) in [6, 6.07) is 8.93. The van der Waals surface area contributed by atoms with E-state index in [2.05, 4.69) is 35.4 Å². The Morgan fingerprint density at radius 3 is 2.53 bits per heavy atom. The van der Waals surface area contributed by atoms with Gasteiger partial charge in [0.15, 0.2) is 0 Å². The summed E-state index contributed by atoms with van der Waals surface area (Å²) in [5, 5.41) is 6.58. The van der Waals surface area contributed by atoms with E-state index in [1.165, 1.54) is 38.1 Å². The highest BCUT2D eigenvalue weighted by atomic mass is 19.1. The molecule has 2 N–H and O–H groups in total. The molecule has 166 valence electrons. The Balaban J connectivity index is 1.36. The highest BCUT2D eigenvalue weighted by Gasteiger charge is 2.34. The van der Waals surface area contributed by atoms with Gasteiger partial charge in [-0.05, 0) is 50.6 Å². The zero-order valence-corrected chi connectivity index (χ0v) is 18.1. The SMILES string of the molecule is C[C@H](Nc1nc(Nc2cnccn2)cc(N2CC(N3CCCC3)C2)n1)c1ccc(F)cc1. The van der Waals surface area contributed by atoms with Crippen molar-refractivity contribution in [2.75, 3.05) is 41.7 Å². The third-order valence-corrected chi connectivity index (χ3v) is 6.09. The third kappa shape index (κ3) is 4.62. The van der Waals surface area contributed by atoms with Crippen molar-refractivity contribution in [1.82, 2.24) is 24.8 Å². The molecule has 9 heteroatoms. The molecule has 0 aliphatic carbocycles. The maximum Gasteiger partial charge on any atom is 0.227 e. The van der Waals surface area contributed by atoms with Gasteiger partial charge >= 0.3 is 0 Å². The summed E-state index contributed by atoms with van der Waals surface area (Å²) in [6.45, 7) is 6.34. The second kappa shape index (κ2) is 9.04. The van der Waals surface area contributed by atoms with Gasteiger partial charge in [0.05, 0.1) is 12.2 Å². The van der Waals surface area contributed by atoms with Crippen molar-refractivity contribution in [2.45, 2.75) is 31.8 Å². The van der Waals surface area contributed by atoms with Crippen molar-refractivity contribution in [2.24, 2.45) is 0 Å². The lowest BCUT2D eigenvalue weighted by Crippen LogP contribution is -2.59. The maximum absolute atomic E-state index is 13.3. The predicted octanol–water partition coefficient (Wildman–Crippen LogP) is 3.61. The largest absolute Gasteiger partial charge is 0.353 e. The molecular formula is C23H27FN8. The average molecular weight is 435 g/mol. The molecule has 2 aliphatic heterocycles.